The highest BCUT2D eigenvalue weighted by Crippen LogP contribution is 2.31. The summed E-state index contributed by atoms with van der Waals surface area (Å²) in [6, 6.07) is 8.00. The van der Waals surface area contributed by atoms with E-state index in [0.717, 1.165) is 5.41 Å². The maximum atomic E-state index is 12.3. The van der Waals surface area contributed by atoms with Gasteiger partial charge in [0.2, 0.25) is 0 Å². The summed E-state index contributed by atoms with van der Waals surface area (Å²) in [5.41, 5.74) is 0. The standard InChI is InChI=1S/C17H22O6S/c1-11-14(23-16(17(19)22-3)12(2)15(11)18)9-10-24(20,21)13-7-5-4-6-8-13/h4-12,14-16,18H,1-3H3/b10-9+/t11?,12?,14?,15-,16?/m1/s1. The first-order chi connectivity index (χ1) is 11.3. The number of carbonyl (C=O) groups excluding carboxylic acids is 1. The molecular weight excluding hydrogens is 332 g/mol. The number of methoxy groups -OCH3 is 1. The second-order valence-electron chi connectivity index (χ2n) is 5.94. The van der Waals surface area contributed by atoms with Crippen molar-refractivity contribution in [2.75, 3.05) is 7.11 Å². The zero-order valence-electron chi connectivity index (χ0n) is 13.8. The summed E-state index contributed by atoms with van der Waals surface area (Å²) in [5.74, 6) is -1.39. The van der Waals surface area contributed by atoms with E-state index in [1.165, 1.54) is 25.3 Å². The summed E-state index contributed by atoms with van der Waals surface area (Å²) < 4.78 is 35.0. The van der Waals surface area contributed by atoms with Crippen molar-refractivity contribution in [3.63, 3.8) is 0 Å². The van der Waals surface area contributed by atoms with Gasteiger partial charge in [-0.1, -0.05) is 32.0 Å². The zero-order valence-corrected chi connectivity index (χ0v) is 14.6. The first kappa shape index (κ1) is 18.6. The largest absolute Gasteiger partial charge is 0.467 e. The van der Waals surface area contributed by atoms with Crippen LogP contribution in [0.15, 0.2) is 46.7 Å². The fourth-order valence-electron chi connectivity index (χ4n) is 2.75. The maximum absolute atomic E-state index is 12.3. The number of carbonyl (C=O) groups is 1. The van der Waals surface area contributed by atoms with Crippen molar-refractivity contribution in [2.24, 2.45) is 11.8 Å². The molecule has 1 aliphatic rings. The Hall–Kier alpha value is -1.70. The number of benzene rings is 1. The molecule has 5 atom stereocenters. The highest BCUT2D eigenvalue weighted by atomic mass is 32.2. The third-order valence-corrected chi connectivity index (χ3v) is 5.77. The van der Waals surface area contributed by atoms with Crippen molar-refractivity contribution in [3.05, 3.63) is 41.8 Å². The highest BCUT2D eigenvalue weighted by molar-refractivity contribution is 7.94. The monoisotopic (exact) mass is 354 g/mol. The van der Waals surface area contributed by atoms with Crippen molar-refractivity contribution in [2.45, 2.75) is 37.1 Å². The molecule has 1 saturated heterocycles. The van der Waals surface area contributed by atoms with Crippen LogP contribution in [-0.2, 0) is 24.1 Å². The molecule has 0 saturated carbocycles. The van der Waals surface area contributed by atoms with Gasteiger partial charge in [0.15, 0.2) is 15.9 Å². The van der Waals surface area contributed by atoms with Crippen LogP contribution in [0.25, 0.3) is 0 Å². The first-order valence-electron chi connectivity index (χ1n) is 7.67. The summed E-state index contributed by atoms with van der Waals surface area (Å²) in [7, 11) is -2.37. The van der Waals surface area contributed by atoms with E-state index >= 15 is 0 Å². The summed E-state index contributed by atoms with van der Waals surface area (Å²) in [4.78, 5) is 12.0. The van der Waals surface area contributed by atoms with Crippen molar-refractivity contribution in [1.82, 2.24) is 0 Å². The molecule has 1 aliphatic heterocycles. The number of aliphatic hydroxyl groups is 1. The molecule has 0 spiro atoms. The Bertz CT molecular complexity index is 697. The van der Waals surface area contributed by atoms with Crippen LogP contribution < -0.4 is 0 Å². The molecule has 2 rings (SSSR count). The van der Waals surface area contributed by atoms with Gasteiger partial charge in [-0.2, -0.15) is 0 Å². The van der Waals surface area contributed by atoms with Crippen molar-refractivity contribution >= 4 is 15.8 Å². The predicted octanol–water partition coefficient (Wildman–Crippen LogP) is 1.55. The number of hydrogen-bond acceptors (Lipinski definition) is 6. The predicted molar refractivity (Wildman–Crippen MR) is 87.8 cm³/mol. The van der Waals surface area contributed by atoms with Gasteiger partial charge in [0, 0.05) is 17.2 Å². The number of aliphatic hydroxyl groups excluding tert-OH is 1. The SMILES string of the molecule is COC(=O)C1OC(/C=C/S(=O)(=O)c2ccccc2)C(C)[C@@H](O)C1C. The van der Waals surface area contributed by atoms with E-state index < -0.39 is 40.0 Å². The molecule has 0 bridgehead atoms. The van der Waals surface area contributed by atoms with E-state index in [0.29, 0.717) is 0 Å². The molecule has 0 aliphatic carbocycles. The van der Waals surface area contributed by atoms with E-state index in [4.69, 9.17) is 4.74 Å². The van der Waals surface area contributed by atoms with Crippen molar-refractivity contribution in [3.8, 4) is 0 Å². The quantitative estimate of drug-likeness (QED) is 0.825. The summed E-state index contributed by atoms with van der Waals surface area (Å²) in [6.07, 6.45) is -1.08. The lowest BCUT2D eigenvalue weighted by Crippen LogP contribution is -2.51. The molecule has 132 valence electrons. The molecule has 1 aromatic rings. The first-order valence-corrected chi connectivity index (χ1v) is 9.22. The lowest BCUT2D eigenvalue weighted by atomic mass is 9.83. The van der Waals surface area contributed by atoms with Crippen LogP contribution in [0.5, 0.6) is 0 Å². The fourth-order valence-corrected chi connectivity index (χ4v) is 3.80. The molecule has 0 aromatic heterocycles. The lowest BCUT2D eigenvalue weighted by Gasteiger charge is -2.40. The average molecular weight is 354 g/mol. The van der Waals surface area contributed by atoms with E-state index in [1.807, 2.05) is 0 Å². The Morgan fingerprint density at radius 3 is 2.42 bits per heavy atom. The second-order valence-corrected chi connectivity index (χ2v) is 7.77. The van der Waals surface area contributed by atoms with Gasteiger partial charge in [0.1, 0.15) is 0 Å². The summed E-state index contributed by atoms with van der Waals surface area (Å²) in [5, 5.41) is 11.4. The lowest BCUT2D eigenvalue weighted by molar-refractivity contribution is -0.185. The van der Waals surface area contributed by atoms with Gasteiger partial charge in [-0.05, 0) is 18.2 Å². The molecule has 1 aromatic carbocycles. The highest BCUT2D eigenvalue weighted by Gasteiger charge is 2.43. The van der Waals surface area contributed by atoms with Crippen LogP contribution in [0.1, 0.15) is 13.8 Å². The van der Waals surface area contributed by atoms with Crippen LogP contribution in [0, 0.1) is 11.8 Å². The van der Waals surface area contributed by atoms with Gasteiger partial charge in [-0.3, -0.25) is 0 Å². The van der Waals surface area contributed by atoms with Crippen LogP contribution in [0.3, 0.4) is 0 Å². The van der Waals surface area contributed by atoms with Gasteiger partial charge in [0.05, 0.1) is 24.2 Å². The van der Waals surface area contributed by atoms with E-state index in [9.17, 15) is 18.3 Å². The number of hydrogen-bond donors (Lipinski definition) is 1. The summed E-state index contributed by atoms with van der Waals surface area (Å²) in [6.45, 7) is 3.45. The van der Waals surface area contributed by atoms with Gasteiger partial charge < -0.3 is 14.6 Å². The third-order valence-electron chi connectivity index (χ3n) is 4.33. The van der Waals surface area contributed by atoms with Gasteiger partial charge in [0.25, 0.3) is 0 Å². The second kappa shape index (κ2) is 7.46. The fraction of sp³-hybridized carbons (Fsp3) is 0.471. The number of ether oxygens (including phenoxy) is 2. The number of esters is 1. The van der Waals surface area contributed by atoms with Gasteiger partial charge in [-0.25, -0.2) is 13.2 Å². The molecule has 1 fully saturated rings. The molecule has 24 heavy (non-hydrogen) atoms. The van der Waals surface area contributed by atoms with Gasteiger partial charge in [-0.15, -0.1) is 0 Å². The third kappa shape index (κ3) is 3.85. The Morgan fingerprint density at radius 2 is 1.83 bits per heavy atom. The van der Waals surface area contributed by atoms with Crippen LogP contribution in [-0.4, -0.2) is 44.9 Å². The molecule has 6 nitrogen and oxygen atoms in total. The Labute approximate surface area is 142 Å². The van der Waals surface area contributed by atoms with E-state index in [-0.39, 0.29) is 10.8 Å². The minimum atomic E-state index is -3.62. The van der Waals surface area contributed by atoms with E-state index in [1.54, 1.807) is 32.0 Å². The van der Waals surface area contributed by atoms with Crippen molar-refractivity contribution < 1.29 is 27.8 Å². The minimum Gasteiger partial charge on any atom is -0.467 e. The smallest absolute Gasteiger partial charge is 0.335 e. The van der Waals surface area contributed by atoms with Gasteiger partial charge >= 0.3 is 5.97 Å². The zero-order chi connectivity index (χ0) is 17.9. The Morgan fingerprint density at radius 1 is 1.21 bits per heavy atom. The van der Waals surface area contributed by atoms with Crippen LogP contribution in [0.2, 0.25) is 0 Å². The molecule has 7 heteroatoms. The molecule has 1 N–H and O–H groups in total. The Balaban J connectivity index is 2.22. The Kier molecular flexibility index (Phi) is 5.79. The summed E-state index contributed by atoms with van der Waals surface area (Å²) >= 11 is 0. The minimum absolute atomic E-state index is 0.170. The van der Waals surface area contributed by atoms with E-state index in [2.05, 4.69) is 4.74 Å². The molecule has 0 radical (unpaired) electrons. The molecule has 1 heterocycles. The molecule has 0 amide bonds. The topological polar surface area (TPSA) is 89.9 Å². The maximum Gasteiger partial charge on any atom is 0.335 e. The molecular formula is C17H22O6S. The van der Waals surface area contributed by atoms with Crippen LogP contribution in [0.4, 0.5) is 0 Å². The number of sulfone groups is 1. The average Bonchev–Trinajstić information content (AvgIpc) is 2.59. The van der Waals surface area contributed by atoms with Crippen LogP contribution >= 0.6 is 0 Å². The molecule has 4 unspecified atom stereocenters. The number of rotatable bonds is 4. The van der Waals surface area contributed by atoms with Crippen molar-refractivity contribution in [1.29, 1.82) is 0 Å². The normalized spacial score (nSPS) is 31.1.